The highest BCUT2D eigenvalue weighted by atomic mass is 32.3. The average molecular weight is 488 g/mol. The van der Waals surface area contributed by atoms with Crippen molar-refractivity contribution in [3.05, 3.63) is 46.8 Å². The number of aryl methyl sites for hydroxylation is 1. The van der Waals surface area contributed by atoms with Gasteiger partial charge in [-0.25, -0.2) is 8.42 Å². The number of aromatic nitrogens is 1. The second-order valence-corrected chi connectivity index (χ2v) is 10.5. The molecule has 1 aromatic heterocycles. The van der Waals surface area contributed by atoms with Gasteiger partial charge in [0.2, 0.25) is 19.4 Å². The van der Waals surface area contributed by atoms with E-state index >= 15 is 0 Å². The molecule has 0 saturated carbocycles. The minimum atomic E-state index is -3.59. The third-order valence-electron chi connectivity index (χ3n) is 5.15. The molecule has 0 radical (unpaired) electrons. The van der Waals surface area contributed by atoms with Crippen molar-refractivity contribution in [2.75, 3.05) is 20.5 Å². The number of benzene rings is 1. The highest BCUT2D eigenvalue weighted by molar-refractivity contribution is 8.42. The highest BCUT2D eigenvalue weighted by Gasteiger charge is 2.38. The largest absolute Gasteiger partial charge is 0.497 e. The number of carbonyl (C=O) groups is 1. The Hall–Kier alpha value is -3.38. The van der Waals surface area contributed by atoms with E-state index in [1.165, 1.54) is 0 Å². The second kappa shape index (κ2) is 8.19. The summed E-state index contributed by atoms with van der Waals surface area (Å²) in [6, 6.07) is 7.34. The van der Waals surface area contributed by atoms with Crippen LogP contribution in [0.25, 0.3) is 11.8 Å². The van der Waals surface area contributed by atoms with Crippen LogP contribution in [0.1, 0.15) is 17.0 Å². The zero-order valence-electron chi connectivity index (χ0n) is 18.5. The summed E-state index contributed by atoms with van der Waals surface area (Å²) in [6.07, 6.45) is 2.58. The summed E-state index contributed by atoms with van der Waals surface area (Å²) in [5.41, 5.74) is 3.15. The number of hydrazone groups is 1. The molecule has 1 N–H and O–H groups in total. The van der Waals surface area contributed by atoms with E-state index in [0.717, 1.165) is 40.1 Å². The van der Waals surface area contributed by atoms with Crippen LogP contribution in [0.15, 0.2) is 39.9 Å². The molecule has 2 aliphatic rings. The molecule has 1 amide bonds. The fourth-order valence-corrected chi connectivity index (χ4v) is 5.24. The number of fused-ring (bicyclic) bond motifs is 1. The molecule has 0 spiro atoms. The summed E-state index contributed by atoms with van der Waals surface area (Å²) >= 11 is 0.751. The summed E-state index contributed by atoms with van der Waals surface area (Å²) in [7, 11) is -0.426. The molecule has 4 rings (SSSR count). The first kappa shape index (κ1) is 22.8. The molecule has 0 atom stereocenters. The first-order valence-corrected chi connectivity index (χ1v) is 12.4. The third-order valence-corrected chi connectivity index (χ3v) is 7.73. The first-order chi connectivity index (χ1) is 15.5. The van der Waals surface area contributed by atoms with Crippen molar-refractivity contribution in [2.45, 2.75) is 13.8 Å². The summed E-state index contributed by atoms with van der Waals surface area (Å²) in [5.74, 6) is 0.437. The minimum Gasteiger partial charge on any atom is -0.497 e. The zero-order valence-corrected chi connectivity index (χ0v) is 20.2. The van der Waals surface area contributed by atoms with Crippen molar-refractivity contribution >= 4 is 49.0 Å². The molecule has 0 unspecified atom stereocenters. The Bertz CT molecular complexity index is 1400. The monoisotopic (exact) mass is 487 g/mol. The Morgan fingerprint density at radius 2 is 1.88 bits per heavy atom. The lowest BCUT2D eigenvalue weighted by atomic mass is 10.1. The number of methoxy groups -OCH3 is 2. The number of amidine groups is 2. The topological polar surface area (TPSA) is 126 Å². The Balaban J connectivity index is 1.79. The number of rotatable bonds is 4. The lowest BCUT2D eigenvalue weighted by Gasteiger charge is -2.20. The molecule has 1 aromatic carbocycles. The van der Waals surface area contributed by atoms with E-state index in [2.05, 4.69) is 10.1 Å². The molecular formula is C21H21N5O5S2. The molecule has 2 aromatic rings. The van der Waals surface area contributed by atoms with E-state index in [-0.39, 0.29) is 21.0 Å². The third kappa shape index (κ3) is 3.95. The lowest BCUT2D eigenvalue weighted by Crippen LogP contribution is -2.35. The number of hydrogen-bond acceptors (Lipinski definition) is 8. The molecule has 3 heterocycles. The Morgan fingerprint density at radius 1 is 1.15 bits per heavy atom. The van der Waals surface area contributed by atoms with E-state index in [1.807, 2.05) is 36.6 Å². The number of thioether (sulfide) groups is 1. The molecular weight excluding hydrogens is 466 g/mol. The molecule has 0 bridgehead atoms. The standard InChI is InChI=1S/C21H21N5O5S2/c1-11-8-13(12(2)25(11)16-10-14(30-3)6-7-17(16)31-4)9-15-18(22)26-20(23-19(15)27)32-21(24-26)33(5,28)29/h6-10,22H,1-5H3/b15-9+,22-18?. The van der Waals surface area contributed by atoms with Gasteiger partial charge in [0.1, 0.15) is 11.5 Å². The SMILES string of the molecule is COc1ccc(OC)c(-n2c(C)cc(/C=C3\C(=N)N4N=C(S(C)(=O)=O)SC4=NC3=O)c2C)c1. The molecule has 33 heavy (non-hydrogen) atoms. The number of sulfone groups is 1. The number of nitrogens with zero attached hydrogens (tertiary/aromatic N) is 4. The smallest absolute Gasteiger partial charge is 0.283 e. The van der Waals surface area contributed by atoms with Crippen molar-refractivity contribution in [3.63, 3.8) is 0 Å². The fourth-order valence-electron chi connectivity index (χ4n) is 3.56. The van der Waals surface area contributed by atoms with E-state index in [0.29, 0.717) is 17.1 Å². The van der Waals surface area contributed by atoms with Crippen LogP contribution in [-0.2, 0) is 14.6 Å². The Morgan fingerprint density at radius 3 is 2.52 bits per heavy atom. The van der Waals surface area contributed by atoms with Gasteiger partial charge in [0.15, 0.2) is 5.84 Å². The highest BCUT2D eigenvalue weighted by Crippen LogP contribution is 2.34. The van der Waals surface area contributed by atoms with Gasteiger partial charge in [-0.1, -0.05) is 0 Å². The van der Waals surface area contributed by atoms with E-state index in [1.54, 1.807) is 26.4 Å². The first-order valence-electron chi connectivity index (χ1n) is 9.66. The molecule has 12 heteroatoms. The fraction of sp³-hybridized carbons (Fsp3) is 0.238. The molecule has 2 aliphatic heterocycles. The van der Waals surface area contributed by atoms with Crippen LogP contribution in [-0.4, -0.2) is 59.8 Å². The maximum Gasteiger partial charge on any atom is 0.283 e. The molecule has 0 fully saturated rings. The van der Waals surface area contributed by atoms with Gasteiger partial charge in [-0.15, -0.1) is 5.10 Å². The number of aliphatic imine (C=N–C) groups is 1. The van der Waals surface area contributed by atoms with Crippen molar-refractivity contribution < 1.29 is 22.7 Å². The van der Waals surface area contributed by atoms with Crippen molar-refractivity contribution in [1.82, 2.24) is 9.58 Å². The maximum atomic E-state index is 12.7. The van der Waals surface area contributed by atoms with Gasteiger partial charge in [0, 0.05) is 23.7 Å². The van der Waals surface area contributed by atoms with Crippen LogP contribution in [0.2, 0.25) is 0 Å². The van der Waals surface area contributed by atoms with Crippen LogP contribution in [0.5, 0.6) is 11.5 Å². The lowest BCUT2D eigenvalue weighted by molar-refractivity contribution is -0.114. The summed E-state index contributed by atoms with van der Waals surface area (Å²) in [5, 5.41) is 13.5. The van der Waals surface area contributed by atoms with Gasteiger partial charge in [-0.05, 0) is 55.4 Å². The van der Waals surface area contributed by atoms with E-state index in [9.17, 15) is 13.2 Å². The second-order valence-electron chi connectivity index (χ2n) is 7.36. The van der Waals surface area contributed by atoms with Gasteiger partial charge in [-0.2, -0.15) is 10.0 Å². The van der Waals surface area contributed by atoms with Crippen molar-refractivity contribution in [1.29, 1.82) is 5.41 Å². The van der Waals surface area contributed by atoms with Gasteiger partial charge >= 0.3 is 0 Å². The number of hydrogen-bond donors (Lipinski definition) is 1. The van der Waals surface area contributed by atoms with Gasteiger partial charge in [0.25, 0.3) is 5.91 Å². The van der Waals surface area contributed by atoms with Crippen LogP contribution in [0, 0.1) is 19.3 Å². The van der Waals surface area contributed by atoms with Gasteiger partial charge < -0.3 is 14.0 Å². The van der Waals surface area contributed by atoms with Gasteiger partial charge in [-0.3, -0.25) is 10.2 Å². The van der Waals surface area contributed by atoms with Crippen molar-refractivity contribution in [2.24, 2.45) is 10.1 Å². The van der Waals surface area contributed by atoms with Crippen LogP contribution in [0.3, 0.4) is 0 Å². The van der Waals surface area contributed by atoms with E-state index < -0.39 is 15.7 Å². The predicted molar refractivity (Wildman–Crippen MR) is 128 cm³/mol. The van der Waals surface area contributed by atoms with Crippen LogP contribution < -0.4 is 9.47 Å². The zero-order chi connectivity index (χ0) is 24.1. The number of nitrogens with one attached hydrogen (secondary N) is 1. The van der Waals surface area contributed by atoms with E-state index in [4.69, 9.17) is 14.9 Å². The Labute approximate surface area is 195 Å². The number of amides is 1. The average Bonchev–Trinajstić information content (AvgIpc) is 3.31. The summed E-state index contributed by atoms with van der Waals surface area (Å²) in [4.78, 5) is 16.6. The van der Waals surface area contributed by atoms with Crippen LogP contribution in [0.4, 0.5) is 0 Å². The molecule has 0 saturated heterocycles. The Kier molecular flexibility index (Phi) is 5.66. The predicted octanol–water partition coefficient (Wildman–Crippen LogP) is 2.73. The van der Waals surface area contributed by atoms with Gasteiger partial charge in [0.05, 0.1) is 25.5 Å². The number of carbonyl (C=O) groups excluding carboxylic acids is 1. The molecule has 172 valence electrons. The van der Waals surface area contributed by atoms with Crippen molar-refractivity contribution in [3.8, 4) is 17.2 Å². The van der Waals surface area contributed by atoms with Crippen LogP contribution >= 0.6 is 11.8 Å². The number of ether oxygens (including phenoxy) is 2. The quantitative estimate of drug-likeness (QED) is 0.657. The maximum absolute atomic E-state index is 12.7. The summed E-state index contributed by atoms with van der Waals surface area (Å²) < 4.78 is 36.3. The molecule has 0 aliphatic carbocycles. The normalized spacial score (nSPS) is 17.2. The molecule has 10 nitrogen and oxygen atoms in total. The minimum absolute atomic E-state index is 0.00992. The summed E-state index contributed by atoms with van der Waals surface area (Å²) in [6.45, 7) is 3.80.